The summed E-state index contributed by atoms with van der Waals surface area (Å²) in [5.74, 6) is 2.05. The number of thioether (sulfide) groups is 1. The van der Waals surface area contributed by atoms with Crippen LogP contribution in [-0.2, 0) is 4.74 Å². The molecule has 5 nitrogen and oxygen atoms in total. The molecule has 1 rings (SSSR count). The zero-order valence-electron chi connectivity index (χ0n) is 14.3. The van der Waals surface area contributed by atoms with Crippen molar-refractivity contribution in [1.29, 1.82) is 0 Å². The highest BCUT2D eigenvalue weighted by molar-refractivity contribution is 7.99. The van der Waals surface area contributed by atoms with Crippen LogP contribution in [0.25, 0.3) is 0 Å². The first kappa shape index (κ1) is 19.6. The first-order valence-corrected chi connectivity index (χ1v) is 9.48. The highest BCUT2D eigenvalue weighted by atomic mass is 32.2. The molecule has 130 valence electrons. The van der Waals surface area contributed by atoms with Crippen LogP contribution in [0.1, 0.15) is 46.5 Å². The number of aliphatic hydroxyl groups excluding tert-OH is 1. The monoisotopic (exact) mass is 332 g/mol. The van der Waals surface area contributed by atoms with E-state index in [0.717, 1.165) is 50.4 Å². The molecule has 0 bridgehead atoms. The second-order valence-electron chi connectivity index (χ2n) is 6.72. The number of carbonyl (C=O) groups is 1. The second-order valence-corrected chi connectivity index (χ2v) is 7.94. The van der Waals surface area contributed by atoms with Crippen molar-refractivity contribution in [2.24, 2.45) is 0 Å². The fourth-order valence-electron chi connectivity index (χ4n) is 2.46. The number of amides is 1. The van der Waals surface area contributed by atoms with Crippen LogP contribution in [0.15, 0.2) is 0 Å². The lowest BCUT2D eigenvalue weighted by Gasteiger charge is -2.36. The molecule has 1 atom stereocenters. The molecule has 22 heavy (non-hydrogen) atoms. The van der Waals surface area contributed by atoms with Crippen molar-refractivity contribution >= 4 is 17.9 Å². The Hall–Kier alpha value is -0.460. The van der Waals surface area contributed by atoms with E-state index in [9.17, 15) is 4.79 Å². The van der Waals surface area contributed by atoms with Crippen LogP contribution in [0.3, 0.4) is 0 Å². The Kier molecular flexibility index (Phi) is 9.21. The predicted octanol–water partition coefficient (Wildman–Crippen LogP) is 2.48. The van der Waals surface area contributed by atoms with E-state index in [0.29, 0.717) is 0 Å². The number of nitrogens with one attached hydrogen (secondary N) is 1. The first-order chi connectivity index (χ1) is 10.4. The topological polar surface area (TPSA) is 61.8 Å². The highest BCUT2D eigenvalue weighted by Crippen LogP contribution is 2.20. The quantitative estimate of drug-likeness (QED) is 0.669. The van der Waals surface area contributed by atoms with Crippen LogP contribution >= 0.6 is 11.8 Å². The van der Waals surface area contributed by atoms with E-state index < -0.39 is 5.60 Å². The van der Waals surface area contributed by atoms with Crippen LogP contribution in [-0.4, -0.2) is 65.5 Å². The van der Waals surface area contributed by atoms with Gasteiger partial charge in [0, 0.05) is 38.0 Å². The molecule has 1 aliphatic heterocycles. The molecular weight excluding hydrogens is 300 g/mol. The number of aliphatic hydroxyl groups is 1. The number of carbonyl (C=O) groups excluding carboxylic acids is 1. The van der Waals surface area contributed by atoms with Crippen molar-refractivity contribution in [2.45, 2.75) is 58.1 Å². The van der Waals surface area contributed by atoms with E-state index >= 15 is 0 Å². The lowest BCUT2D eigenvalue weighted by molar-refractivity contribution is 0.0100. The van der Waals surface area contributed by atoms with Gasteiger partial charge in [-0.1, -0.05) is 0 Å². The molecule has 0 aromatic heterocycles. The third-order valence-electron chi connectivity index (χ3n) is 3.51. The molecule has 1 amide bonds. The van der Waals surface area contributed by atoms with Gasteiger partial charge in [0.15, 0.2) is 0 Å². The van der Waals surface area contributed by atoms with Crippen LogP contribution in [0, 0.1) is 0 Å². The van der Waals surface area contributed by atoms with E-state index in [1.807, 2.05) is 37.4 Å². The standard InChI is InChI=1S/C16H32N2O3S/c1-16(2,3)21-15(20)18-9-5-4-7-14(18)13-17-8-12-22-11-6-10-19/h14,17,19H,4-13H2,1-3H3. The molecule has 1 unspecified atom stereocenters. The third kappa shape index (κ3) is 8.25. The van der Waals surface area contributed by atoms with Crippen molar-refractivity contribution in [3.8, 4) is 0 Å². The summed E-state index contributed by atoms with van der Waals surface area (Å²) in [5, 5.41) is 12.2. The molecule has 2 N–H and O–H groups in total. The van der Waals surface area contributed by atoms with Crippen LogP contribution in [0.2, 0.25) is 0 Å². The normalized spacial score (nSPS) is 19.3. The number of ether oxygens (including phenoxy) is 1. The van der Waals surface area contributed by atoms with Gasteiger partial charge >= 0.3 is 6.09 Å². The van der Waals surface area contributed by atoms with Crippen LogP contribution < -0.4 is 5.32 Å². The molecule has 1 fully saturated rings. The first-order valence-electron chi connectivity index (χ1n) is 8.33. The number of hydrogen-bond acceptors (Lipinski definition) is 5. The smallest absolute Gasteiger partial charge is 0.410 e. The number of rotatable bonds is 8. The number of nitrogens with zero attached hydrogens (tertiary/aromatic N) is 1. The van der Waals surface area contributed by atoms with Crippen LogP contribution in [0.4, 0.5) is 4.79 Å². The van der Waals surface area contributed by atoms with E-state index in [-0.39, 0.29) is 18.7 Å². The Balaban J connectivity index is 2.28. The van der Waals surface area contributed by atoms with Crippen molar-refractivity contribution in [1.82, 2.24) is 10.2 Å². The molecule has 0 aromatic rings. The van der Waals surface area contributed by atoms with Gasteiger partial charge in [0.2, 0.25) is 0 Å². The van der Waals surface area contributed by atoms with Gasteiger partial charge in [0.05, 0.1) is 0 Å². The number of likely N-dealkylation sites (tertiary alicyclic amines) is 1. The summed E-state index contributed by atoms with van der Waals surface area (Å²) >= 11 is 1.85. The van der Waals surface area contributed by atoms with Gasteiger partial charge in [-0.2, -0.15) is 11.8 Å². The molecule has 0 aliphatic carbocycles. The third-order valence-corrected chi connectivity index (χ3v) is 4.58. The van der Waals surface area contributed by atoms with Gasteiger partial charge in [-0.25, -0.2) is 4.79 Å². The summed E-state index contributed by atoms with van der Waals surface area (Å²) < 4.78 is 5.51. The number of hydrogen-bond donors (Lipinski definition) is 2. The molecule has 0 radical (unpaired) electrons. The van der Waals surface area contributed by atoms with E-state index in [4.69, 9.17) is 9.84 Å². The molecule has 0 saturated carbocycles. The summed E-state index contributed by atoms with van der Waals surface area (Å²) in [7, 11) is 0. The Labute approximate surface area is 139 Å². The lowest BCUT2D eigenvalue weighted by atomic mass is 10.0. The van der Waals surface area contributed by atoms with Gasteiger partial charge in [-0.05, 0) is 52.2 Å². The van der Waals surface area contributed by atoms with Crippen molar-refractivity contribution in [3.05, 3.63) is 0 Å². The number of piperidine rings is 1. The zero-order chi connectivity index (χ0) is 16.4. The summed E-state index contributed by atoms with van der Waals surface area (Å²) in [5.41, 5.74) is -0.435. The van der Waals surface area contributed by atoms with Crippen LogP contribution in [0.5, 0.6) is 0 Å². The Bertz CT molecular complexity index is 321. The SMILES string of the molecule is CC(C)(C)OC(=O)N1CCCCC1CNCCSCCCO. The molecular formula is C16H32N2O3S. The molecule has 6 heteroatoms. The van der Waals surface area contributed by atoms with Crippen molar-refractivity contribution in [3.63, 3.8) is 0 Å². The Morgan fingerprint density at radius 3 is 2.82 bits per heavy atom. The zero-order valence-corrected chi connectivity index (χ0v) is 15.1. The van der Waals surface area contributed by atoms with Gasteiger partial charge < -0.3 is 20.1 Å². The summed E-state index contributed by atoms with van der Waals surface area (Å²) in [6, 6.07) is 0.242. The van der Waals surface area contributed by atoms with E-state index in [2.05, 4.69) is 5.32 Å². The molecule has 1 aliphatic rings. The molecule has 0 aromatic carbocycles. The second kappa shape index (κ2) is 10.3. The van der Waals surface area contributed by atoms with Gasteiger partial charge in [-0.15, -0.1) is 0 Å². The van der Waals surface area contributed by atoms with Gasteiger partial charge in [0.25, 0.3) is 0 Å². The average Bonchev–Trinajstić information content (AvgIpc) is 2.45. The summed E-state index contributed by atoms with van der Waals surface area (Å²) in [6.07, 6.45) is 3.96. The molecule has 0 spiro atoms. The van der Waals surface area contributed by atoms with Crippen molar-refractivity contribution < 1.29 is 14.6 Å². The van der Waals surface area contributed by atoms with E-state index in [1.165, 1.54) is 6.42 Å². The van der Waals surface area contributed by atoms with E-state index in [1.54, 1.807) is 0 Å². The average molecular weight is 333 g/mol. The minimum absolute atomic E-state index is 0.184. The largest absolute Gasteiger partial charge is 0.444 e. The maximum absolute atomic E-state index is 12.3. The minimum atomic E-state index is -0.435. The van der Waals surface area contributed by atoms with Gasteiger partial charge in [0.1, 0.15) is 5.60 Å². The maximum atomic E-state index is 12.3. The fourth-order valence-corrected chi connectivity index (χ4v) is 3.28. The summed E-state index contributed by atoms with van der Waals surface area (Å²) in [4.78, 5) is 14.2. The summed E-state index contributed by atoms with van der Waals surface area (Å²) in [6.45, 7) is 8.57. The fraction of sp³-hybridized carbons (Fsp3) is 0.938. The maximum Gasteiger partial charge on any atom is 0.410 e. The predicted molar refractivity (Wildman–Crippen MR) is 92.5 cm³/mol. The van der Waals surface area contributed by atoms with Gasteiger partial charge in [-0.3, -0.25) is 0 Å². The Morgan fingerprint density at radius 1 is 1.36 bits per heavy atom. The van der Waals surface area contributed by atoms with Crippen molar-refractivity contribution in [2.75, 3.05) is 37.7 Å². The lowest BCUT2D eigenvalue weighted by Crippen LogP contribution is -2.50. The Morgan fingerprint density at radius 2 is 2.14 bits per heavy atom. The minimum Gasteiger partial charge on any atom is -0.444 e. The molecule has 1 heterocycles. The molecule has 1 saturated heterocycles. The highest BCUT2D eigenvalue weighted by Gasteiger charge is 2.29.